The number of thioether (sulfide) groups is 1. The second-order valence-electron chi connectivity index (χ2n) is 5.97. The Bertz CT molecular complexity index is 519. The van der Waals surface area contributed by atoms with Crippen LogP contribution in [-0.4, -0.2) is 65.2 Å². The quantitative estimate of drug-likeness (QED) is 0.603. The number of hydrogen-bond acceptors (Lipinski definition) is 6. The van der Waals surface area contributed by atoms with Gasteiger partial charge in [-0.05, 0) is 32.8 Å². The van der Waals surface area contributed by atoms with Crippen molar-refractivity contribution in [1.82, 2.24) is 25.5 Å². The standard InChI is InChI=1S/C10H20N2O.C7H9N3OS/c1-8-5-4-6-9(2)12(8)7-10(13)11-3;1-8-6(11)5-12-7-9-3-2-4-10-7/h8-9H,4-7H2,1-3H3,(H,11,13);2-4H,5H2,1H3,(H,8,11). The van der Waals surface area contributed by atoms with Crippen LogP contribution in [0.3, 0.4) is 0 Å². The maximum Gasteiger partial charge on any atom is 0.233 e. The summed E-state index contributed by atoms with van der Waals surface area (Å²) in [6, 6.07) is 2.85. The highest BCUT2D eigenvalue weighted by Crippen LogP contribution is 2.21. The number of aromatic nitrogens is 2. The monoisotopic (exact) mass is 367 g/mol. The molecule has 2 rings (SSSR count). The zero-order valence-electron chi connectivity index (χ0n) is 15.5. The lowest BCUT2D eigenvalue weighted by atomic mass is 9.97. The van der Waals surface area contributed by atoms with Crippen molar-refractivity contribution in [3.05, 3.63) is 18.5 Å². The van der Waals surface area contributed by atoms with Crippen molar-refractivity contribution in [3.63, 3.8) is 0 Å². The van der Waals surface area contributed by atoms with Gasteiger partial charge in [0.2, 0.25) is 11.8 Å². The molecule has 1 aliphatic heterocycles. The van der Waals surface area contributed by atoms with Crippen molar-refractivity contribution in [2.45, 2.75) is 50.4 Å². The molecular formula is C17H29N5O2S. The SMILES string of the molecule is CNC(=O)CN1C(C)CCCC1C.CNC(=O)CSc1ncccn1. The zero-order chi connectivity index (χ0) is 18.7. The third-order valence-corrected chi connectivity index (χ3v) is 5.01. The molecule has 2 amide bonds. The van der Waals surface area contributed by atoms with Crippen LogP contribution in [0.4, 0.5) is 0 Å². The molecule has 8 heteroatoms. The molecule has 2 unspecified atom stereocenters. The molecule has 140 valence electrons. The van der Waals surface area contributed by atoms with E-state index < -0.39 is 0 Å². The summed E-state index contributed by atoms with van der Waals surface area (Å²) in [4.78, 5) is 32.2. The van der Waals surface area contributed by atoms with E-state index in [1.165, 1.54) is 31.0 Å². The van der Waals surface area contributed by atoms with Gasteiger partial charge < -0.3 is 10.6 Å². The van der Waals surface area contributed by atoms with Gasteiger partial charge in [0.1, 0.15) is 0 Å². The predicted octanol–water partition coefficient (Wildman–Crippen LogP) is 1.31. The summed E-state index contributed by atoms with van der Waals surface area (Å²) in [7, 11) is 3.30. The average molecular weight is 368 g/mol. The van der Waals surface area contributed by atoms with E-state index >= 15 is 0 Å². The Balaban J connectivity index is 0.000000251. The van der Waals surface area contributed by atoms with Crippen LogP contribution in [0.15, 0.2) is 23.6 Å². The van der Waals surface area contributed by atoms with Gasteiger partial charge in [-0.1, -0.05) is 18.2 Å². The third kappa shape index (κ3) is 8.31. The predicted molar refractivity (Wildman–Crippen MR) is 100 cm³/mol. The van der Waals surface area contributed by atoms with Crippen molar-refractivity contribution in [1.29, 1.82) is 0 Å². The van der Waals surface area contributed by atoms with Crippen molar-refractivity contribution >= 4 is 23.6 Å². The van der Waals surface area contributed by atoms with Gasteiger partial charge in [0, 0.05) is 38.6 Å². The first-order valence-electron chi connectivity index (χ1n) is 8.54. The van der Waals surface area contributed by atoms with Crippen LogP contribution in [0.5, 0.6) is 0 Å². The van der Waals surface area contributed by atoms with Crippen molar-refractivity contribution in [3.8, 4) is 0 Å². The fourth-order valence-corrected chi connectivity index (χ4v) is 3.27. The van der Waals surface area contributed by atoms with Crippen LogP contribution in [-0.2, 0) is 9.59 Å². The minimum Gasteiger partial charge on any atom is -0.358 e. The summed E-state index contributed by atoms with van der Waals surface area (Å²) in [6.45, 7) is 4.97. The molecule has 7 nitrogen and oxygen atoms in total. The second kappa shape index (κ2) is 11.8. The van der Waals surface area contributed by atoms with E-state index in [1.807, 2.05) is 0 Å². The van der Waals surface area contributed by atoms with E-state index in [-0.39, 0.29) is 11.8 Å². The highest BCUT2D eigenvalue weighted by molar-refractivity contribution is 7.99. The van der Waals surface area contributed by atoms with E-state index in [1.54, 1.807) is 32.6 Å². The number of hydrogen-bond donors (Lipinski definition) is 2. The Morgan fingerprint density at radius 1 is 1.12 bits per heavy atom. The van der Waals surface area contributed by atoms with Gasteiger partial charge in [-0.25, -0.2) is 9.97 Å². The first-order valence-corrected chi connectivity index (χ1v) is 9.53. The molecule has 0 aliphatic carbocycles. The van der Waals surface area contributed by atoms with Crippen LogP contribution in [0.1, 0.15) is 33.1 Å². The topological polar surface area (TPSA) is 87.2 Å². The Hall–Kier alpha value is -1.67. The summed E-state index contributed by atoms with van der Waals surface area (Å²) in [5.74, 6) is 0.466. The molecule has 2 N–H and O–H groups in total. The molecule has 2 heterocycles. The molecule has 0 saturated carbocycles. The molecule has 25 heavy (non-hydrogen) atoms. The molecule has 1 aromatic rings. The van der Waals surface area contributed by atoms with Crippen LogP contribution in [0.25, 0.3) is 0 Å². The Labute approximate surface area is 154 Å². The molecule has 0 aromatic carbocycles. The smallest absolute Gasteiger partial charge is 0.233 e. The van der Waals surface area contributed by atoms with E-state index in [4.69, 9.17) is 0 Å². The number of rotatable bonds is 5. The van der Waals surface area contributed by atoms with Crippen LogP contribution in [0.2, 0.25) is 0 Å². The zero-order valence-corrected chi connectivity index (χ0v) is 16.3. The van der Waals surface area contributed by atoms with Crippen LogP contribution < -0.4 is 10.6 Å². The Morgan fingerprint density at radius 3 is 2.20 bits per heavy atom. The summed E-state index contributed by atoms with van der Waals surface area (Å²) in [5, 5.41) is 5.82. The molecule has 1 fully saturated rings. The van der Waals surface area contributed by atoms with Gasteiger partial charge in [0.05, 0.1) is 12.3 Å². The van der Waals surface area contributed by atoms with Crippen molar-refractivity contribution in [2.24, 2.45) is 0 Å². The molecular weight excluding hydrogens is 338 g/mol. The number of likely N-dealkylation sites (tertiary alicyclic amines) is 1. The number of nitrogens with zero attached hydrogens (tertiary/aromatic N) is 3. The molecule has 1 aliphatic rings. The van der Waals surface area contributed by atoms with Gasteiger partial charge in [-0.3, -0.25) is 14.5 Å². The fraction of sp³-hybridized carbons (Fsp3) is 0.647. The molecule has 2 atom stereocenters. The lowest BCUT2D eigenvalue weighted by Crippen LogP contribution is -2.48. The minimum atomic E-state index is -0.0209. The van der Waals surface area contributed by atoms with Crippen LogP contribution >= 0.6 is 11.8 Å². The Morgan fingerprint density at radius 2 is 1.68 bits per heavy atom. The highest BCUT2D eigenvalue weighted by atomic mass is 32.2. The van der Waals surface area contributed by atoms with Gasteiger partial charge in [-0.15, -0.1) is 0 Å². The number of nitrogens with one attached hydrogen (secondary N) is 2. The second-order valence-corrected chi connectivity index (χ2v) is 6.91. The maximum absolute atomic E-state index is 11.2. The Kier molecular flexibility index (Phi) is 10.1. The van der Waals surface area contributed by atoms with Gasteiger partial charge >= 0.3 is 0 Å². The van der Waals surface area contributed by atoms with E-state index in [0.29, 0.717) is 29.5 Å². The van der Waals surface area contributed by atoms with Gasteiger partial charge in [0.25, 0.3) is 0 Å². The summed E-state index contributed by atoms with van der Waals surface area (Å²) < 4.78 is 0. The summed E-state index contributed by atoms with van der Waals surface area (Å²) >= 11 is 1.32. The van der Waals surface area contributed by atoms with Gasteiger partial charge in [0.15, 0.2) is 5.16 Å². The lowest BCUT2D eigenvalue weighted by Gasteiger charge is -2.38. The summed E-state index contributed by atoms with van der Waals surface area (Å²) in [5.41, 5.74) is 0. The van der Waals surface area contributed by atoms with E-state index in [2.05, 4.69) is 39.3 Å². The molecule has 0 radical (unpaired) electrons. The van der Waals surface area contributed by atoms with Crippen molar-refractivity contribution < 1.29 is 9.59 Å². The fourth-order valence-electron chi connectivity index (χ4n) is 2.59. The van der Waals surface area contributed by atoms with Gasteiger partial charge in [-0.2, -0.15) is 0 Å². The number of likely N-dealkylation sites (N-methyl/N-ethyl adjacent to an activating group) is 1. The first-order chi connectivity index (χ1) is 12.0. The molecule has 0 bridgehead atoms. The molecule has 1 aromatic heterocycles. The van der Waals surface area contributed by atoms with Crippen molar-refractivity contribution in [2.75, 3.05) is 26.4 Å². The lowest BCUT2D eigenvalue weighted by molar-refractivity contribution is -0.123. The third-order valence-electron chi connectivity index (χ3n) is 4.13. The maximum atomic E-state index is 11.2. The molecule has 0 spiro atoms. The first kappa shape index (κ1) is 21.4. The highest BCUT2D eigenvalue weighted by Gasteiger charge is 2.25. The number of amides is 2. The normalized spacial score (nSPS) is 20.2. The van der Waals surface area contributed by atoms with Crippen LogP contribution in [0, 0.1) is 0 Å². The van der Waals surface area contributed by atoms with E-state index in [0.717, 1.165) is 0 Å². The number of carbonyl (C=O) groups is 2. The van der Waals surface area contributed by atoms with E-state index in [9.17, 15) is 9.59 Å². The number of piperidine rings is 1. The summed E-state index contributed by atoms with van der Waals surface area (Å²) in [6.07, 6.45) is 7.05. The minimum absolute atomic E-state index is 0.0209. The molecule has 1 saturated heterocycles. The largest absolute Gasteiger partial charge is 0.358 e. The number of carbonyl (C=O) groups excluding carboxylic acids is 2. The average Bonchev–Trinajstić information content (AvgIpc) is 2.64.